The molecule has 1 aromatic carbocycles. The van der Waals surface area contributed by atoms with Crippen LogP contribution in [0.3, 0.4) is 0 Å². The Morgan fingerprint density at radius 2 is 1.86 bits per heavy atom. The van der Waals surface area contributed by atoms with E-state index in [1.54, 1.807) is 12.1 Å². The molecule has 0 aliphatic heterocycles. The van der Waals surface area contributed by atoms with E-state index in [4.69, 9.17) is 12.2 Å². The van der Waals surface area contributed by atoms with E-state index in [0.29, 0.717) is 11.3 Å². The lowest BCUT2D eigenvalue weighted by atomic mass is 10.2. The zero-order valence-electron chi connectivity index (χ0n) is 7.28. The summed E-state index contributed by atoms with van der Waals surface area (Å²) >= 11 is 0. The van der Waals surface area contributed by atoms with Crippen LogP contribution >= 0.6 is 0 Å². The Bertz CT molecular complexity index is 401. The van der Waals surface area contributed by atoms with E-state index >= 15 is 0 Å². The lowest BCUT2D eigenvalue weighted by Crippen LogP contribution is -2.11. The van der Waals surface area contributed by atoms with Gasteiger partial charge in [-0.15, -0.1) is 6.42 Å². The van der Waals surface area contributed by atoms with Crippen molar-refractivity contribution in [2.24, 2.45) is 5.73 Å². The minimum atomic E-state index is -0.531. The van der Waals surface area contributed by atoms with Gasteiger partial charge >= 0.3 is 0 Å². The minimum absolute atomic E-state index is 0.378. The van der Waals surface area contributed by atoms with Gasteiger partial charge in [0.05, 0.1) is 0 Å². The third-order valence-corrected chi connectivity index (χ3v) is 1.56. The summed E-state index contributed by atoms with van der Waals surface area (Å²) in [6.07, 6.45) is 4.86. The number of nitrogens with one attached hydrogen (secondary N) is 1. The number of terminal acetylenes is 1. The topological polar surface area (TPSA) is 72.2 Å². The maximum atomic E-state index is 10.8. The van der Waals surface area contributed by atoms with Crippen LogP contribution in [0.2, 0.25) is 0 Å². The number of hydrogen-bond acceptors (Lipinski definition) is 2. The lowest BCUT2D eigenvalue weighted by molar-refractivity contribution is -0.111. The Hall–Kier alpha value is -2.28. The molecule has 1 rings (SSSR count). The molecular formula is C10H8N2O2. The third kappa shape index (κ3) is 2.35. The molecule has 14 heavy (non-hydrogen) atoms. The summed E-state index contributed by atoms with van der Waals surface area (Å²) in [5.41, 5.74) is 5.94. The van der Waals surface area contributed by atoms with Gasteiger partial charge in [0.2, 0.25) is 5.91 Å². The molecule has 0 aromatic heterocycles. The number of rotatable bonds is 2. The predicted octanol–water partition coefficient (Wildman–Crippen LogP) is 0.357. The highest BCUT2D eigenvalue weighted by Gasteiger charge is 2.00. The standard InChI is InChI=1S/C10H8N2O2/c1-2-9(13)12-8-5-3-7(4-6-8)10(11)14/h1,3-6H,(H2,11,14)(H,12,13). The second-order valence-electron chi connectivity index (χ2n) is 2.54. The van der Waals surface area contributed by atoms with Crippen LogP contribution in [0, 0.1) is 12.3 Å². The van der Waals surface area contributed by atoms with Crippen molar-refractivity contribution in [1.29, 1.82) is 0 Å². The first-order chi connectivity index (χ1) is 6.63. The highest BCUT2D eigenvalue weighted by Crippen LogP contribution is 2.08. The smallest absolute Gasteiger partial charge is 0.300 e. The molecule has 0 bridgehead atoms. The lowest BCUT2D eigenvalue weighted by Gasteiger charge is -2.00. The van der Waals surface area contributed by atoms with Crippen molar-refractivity contribution < 1.29 is 9.59 Å². The zero-order valence-corrected chi connectivity index (χ0v) is 7.28. The number of nitrogens with two attached hydrogens (primary N) is 1. The average molecular weight is 188 g/mol. The largest absolute Gasteiger partial charge is 0.366 e. The van der Waals surface area contributed by atoms with Crippen molar-refractivity contribution in [3.05, 3.63) is 29.8 Å². The Balaban J connectivity index is 2.80. The monoisotopic (exact) mass is 188 g/mol. The maximum absolute atomic E-state index is 10.8. The Morgan fingerprint density at radius 1 is 1.29 bits per heavy atom. The summed E-state index contributed by atoms with van der Waals surface area (Å²) in [5, 5.41) is 2.43. The van der Waals surface area contributed by atoms with E-state index in [1.807, 2.05) is 5.92 Å². The number of amides is 2. The van der Waals surface area contributed by atoms with Gasteiger partial charge in [-0.3, -0.25) is 9.59 Å². The second-order valence-corrected chi connectivity index (χ2v) is 2.54. The molecule has 0 heterocycles. The quantitative estimate of drug-likeness (QED) is 0.657. The van der Waals surface area contributed by atoms with Crippen LogP contribution in [0.25, 0.3) is 0 Å². The molecule has 0 unspecified atom stereocenters. The number of carbonyl (C=O) groups is 2. The van der Waals surface area contributed by atoms with Gasteiger partial charge < -0.3 is 11.1 Å². The van der Waals surface area contributed by atoms with Crippen molar-refractivity contribution >= 4 is 17.5 Å². The van der Waals surface area contributed by atoms with Crippen molar-refractivity contribution in [1.82, 2.24) is 0 Å². The maximum Gasteiger partial charge on any atom is 0.300 e. The van der Waals surface area contributed by atoms with Crippen LogP contribution in [-0.2, 0) is 4.79 Å². The van der Waals surface area contributed by atoms with Crippen LogP contribution in [0.5, 0.6) is 0 Å². The summed E-state index contributed by atoms with van der Waals surface area (Å²) in [5.74, 6) is 0.864. The van der Waals surface area contributed by atoms with Crippen LogP contribution in [0.4, 0.5) is 5.69 Å². The van der Waals surface area contributed by atoms with Gasteiger partial charge in [0, 0.05) is 11.3 Å². The first kappa shape index (κ1) is 9.81. The molecule has 0 aliphatic carbocycles. The van der Waals surface area contributed by atoms with Gasteiger partial charge in [-0.2, -0.15) is 0 Å². The Morgan fingerprint density at radius 3 is 2.29 bits per heavy atom. The molecule has 0 atom stereocenters. The van der Waals surface area contributed by atoms with Crippen molar-refractivity contribution in [3.8, 4) is 12.3 Å². The van der Waals surface area contributed by atoms with Gasteiger partial charge in [0.1, 0.15) is 0 Å². The van der Waals surface area contributed by atoms with Crippen LogP contribution in [-0.4, -0.2) is 11.8 Å². The number of benzene rings is 1. The molecule has 4 heteroatoms. The summed E-state index contributed by atoms with van der Waals surface area (Å²) in [4.78, 5) is 21.5. The first-order valence-electron chi connectivity index (χ1n) is 3.81. The van der Waals surface area contributed by atoms with Crippen LogP contribution < -0.4 is 11.1 Å². The highest BCUT2D eigenvalue weighted by atomic mass is 16.1. The number of primary amides is 1. The molecule has 4 nitrogen and oxygen atoms in total. The molecular weight excluding hydrogens is 180 g/mol. The molecule has 0 radical (unpaired) electrons. The Labute approximate surface area is 81.1 Å². The molecule has 0 saturated heterocycles. The van der Waals surface area contributed by atoms with E-state index in [-0.39, 0.29) is 0 Å². The van der Waals surface area contributed by atoms with E-state index in [9.17, 15) is 9.59 Å². The Kier molecular flexibility index (Phi) is 2.87. The van der Waals surface area contributed by atoms with E-state index in [1.165, 1.54) is 12.1 Å². The minimum Gasteiger partial charge on any atom is -0.366 e. The van der Waals surface area contributed by atoms with Crippen LogP contribution in [0.15, 0.2) is 24.3 Å². The zero-order chi connectivity index (χ0) is 10.6. The third-order valence-electron chi connectivity index (χ3n) is 1.56. The highest BCUT2D eigenvalue weighted by molar-refractivity contribution is 6.03. The molecule has 0 saturated carbocycles. The fourth-order valence-electron chi connectivity index (χ4n) is 0.885. The number of hydrogen-bond donors (Lipinski definition) is 2. The van der Waals surface area contributed by atoms with Crippen molar-refractivity contribution in [2.45, 2.75) is 0 Å². The fraction of sp³-hybridized carbons (Fsp3) is 0. The SMILES string of the molecule is C#CC(=O)Nc1ccc(C(N)=O)cc1. The summed E-state index contributed by atoms with van der Waals surface area (Å²) in [7, 11) is 0. The molecule has 0 aliphatic rings. The van der Waals surface area contributed by atoms with E-state index in [0.717, 1.165) is 0 Å². The molecule has 2 amide bonds. The van der Waals surface area contributed by atoms with Crippen molar-refractivity contribution in [3.63, 3.8) is 0 Å². The van der Waals surface area contributed by atoms with Crippen LogP contribution in [0.1, 0.15) is 10.4 Å². The second kappa shape index (κ2) is 4.10. The van der Waals surface area contributed by atoms with E-state index in [2.05, 4.69) is 5.32 Å². The first-order valence-corrected chi connectivity index (χ1v) is 3.81. The van der Waals surface area contributed by atoms with Gasteiger partial charge in [0.15, 0.2) is 0 Å². The summed E-state index contributed by atoms with van der Waals surface area (Å²) in [6.45, 7) is 0. The molecule has 0 fully saturated rings. The van der Waals surface area contributed by atoms with Gasteiger partial charge in [-0.05, 0) is 30.2 Å². The normalized spacial score (nSPS) is 8.79. The molecule has 3 N–H and O–H groups in total. The molecule has 70 valence electrons. The average Bonchev–Trinajstić information content (AvgIpc) is 2.18. The number of anilines is 1. The predicted molar refractivity (Wildman–Crippen MR) is 52.4 cm³/mol. The van der Waals surface area contributed by atoms with E-state index < -0.39 is 11.8 Å². The van der Waals surface area contributed by atoms with Gasteiger partial charge in [0.25, 0.3) is 5.91 Å². The summed E-state index contributed by atoms with van der Waals surface area (Å²) in [6, 6.07) is 6.12. The van der Waals surface area contributed by atoms with Gasteiger partial charge in [-0.25, -0.2) is 0 Å². The van der Waals surface area contributed by atoms with Crippen molar-refractivity contribution in [2.75, 3.05) is 5.32 Å². The summed E-state index contributed by atoms with van der Waals surface area (Å²) < 4.78 is 0. The molecule has 1 aromatic rings. The molecule has 0 spiro atoms. The fourth-order valence-corrected chi connectivity index (χ4v) is 0.885. The van der Waals surface area contributed by atoms with Gasteiger partial charge in [-0.1, -0.05) is 0 Å². The number of carbonyl (C=O) groups excluding carboxylic acids is 2.